The Morgan fingerprint density at radius 1 is 1.44 bits per heavy atom. The van der Waals surface area contributed by atoms with Gasteiger partial charge in [0.25, 0.3) is 0 Å². The van der Waals surface area contributed by atoms with Gasteiger partial charge in [-0.25, -0.2) is 0 Å². The van der Waals surface area contributed by atoms with Gasteiger partial charge < -0.3 is 9.64 Å². The molecule has 18 heavy (non-hydrogen) atoms. The van der Waals surface area contributed by atoms with Crippen LogP contribution >= 0.6 is 0 Å². The molecular formula is C14H18N2O2. The minimum absolute atomic E-state index is 0.0989. The zero-order valence-corrected chi connectivity index (χ0v) is 10.5. The molecule has 4 heteroatoms. The highest BCUT2D eigenvalue weighted by molar-refractivity contribution is 5.86. The Balaban J connectivity index is 2.09. The van der Waals surface area contributed by atoms with Gasteiger partial charge in [-0.3, -0.25) is 4.79 Å². The molecule has 0 aromatic rings. The number of amides is 1. The molecular weight excluding hydrogens is 228 g/mol. The van der Waals surface area contributed by atoms with E-state index in [-0.39, 0.29) is 5.91 Å². The fourth-order valence-electron chi connectivity index (χ4n) is 2.34. The second-order valence-electron chi connectivity index (χ2n) is 5.14. The van der Waals surface area contributed by atoms with Gasteiger partial charge in [0.1, 0.15) is 5.41 Å². The summed E-state index contributed by atoms with van der Waals surface area (Å²) in [6.07, 6.45) is 8.61. The third kappa shape index (κ3) is 2.66. The standard InChI is InChI=1S/C14H18N2O2/c1-2-7-16(10-12-3-4-12)13(17)14(11-15)5-8-18-9-6-14/h1,12H,3-10H2. The second kappa shape index (κ2) is 5.42. The first-order valence-electron chi connectivity index (χ1n) is 6.44. The molecule has 0 atom stereocenters. The van der Waals surface area contributed by atoms with E-state index in [0.29, 0.717) is 45.1 Å². The van der Waals surface area contributed by atoms with Crippen LogP contribution < -0.4 is 0 Å². The summed E-state index contributed by atoms with van der Waals surface area (Å²) >= 11 is 0. The Labute approximate surface area is 108 Å². The third-order valence-corrected chi connectivity index (χ3v) is 3.71. The van der Waals surface area contributed by atoms with Crippen LogP contribution in [0.2, 0.25) is 0 Å². The Morgan fingerprint density at radius 2 is 2.11 bits per heavy atom. The number of rotatable bonds is 4. The fraction of sp³-hybridized carbons (Fsp3) is 0.714. The van der Waals surface area contributed by atoms with Crippen LogP contribution in [-0.4, -0.2) is 37.1 Å². The predicted molar refractivity (Wildman–Crippen MR) is 66.2 cm³/mol. The van der Waals surface area contributed by atoms with Crippen molar-refractivity contribution in [3.63, 3.8) is 0 Å². The summed E-state index contributed by atoms with van der Waals surface area (Å²) in [7, 11) is 0. The SMILES string of the molecule is C#CCN(CC1CC1)C(=O)C1(C#N)CCOCC1. The molecule has 0 aromatic heterocycles. The zero-order valence-electron chi connectivity index (χ0n) is 10.5. The maximum atomic E-state index is 12.6. The Bertz CT molecular complexity index is 395. The van der Waals surface area contributed by atoms with E-state index in [0.717, 1.165) is 12.8 Å². The molecule has 2 fully saturated rings. The van der Waals surface area contributed by atoms with Gasteiger partial charge in [-0.1, -0.05) is 5.92 Å². The summed E-state index contributed by atoms with van der Waals surface area (Å²) in [6, 6.07) is 2.21. The summed E-state index contributed by atoms with van der Waals surface area (Å²) in [5, 5.41) is 9.37. The molecule has 1 aliphatic heterocycles. The van der Waals surface area contributed by atoms with E-state index in [1.54, 1.807) is 4.90 Å². The van der Waals surface area contributed by atoms with Gasteiger partial charge in [-0.15, -0.1) is 6.42 Å². The highest BCUT2D eigenvalue weighted by Gasteiger charge is 2.43. The summed E-state index contributed by atoms with van der Waals surface area (Å²) in [6.45, 7) is 1.96. The van der Waals surface area contributed by atoms with E-state index in [4.69, 9.17) is 11.2 Å². The molecule has 1 aliphatic carbocycles. The van der Waals surface area contributed by atoms with E-state index in [1.165, 1.54) is 0 Å². The summed E-state index contributed by atoms with van der Waals surface area (Å²) in [5.74, 6) is 3.01. The van der Waals surface area contributed by atoms with Gasteiger partial charge in [-0.2, -0.15) is 5.26 Å². The van der Waals surface area contributed by atoms with E-state index >= 15 is 0 Å². The predicted octanol–water partition coefficient (Wildman–Crippen LogP) is 1.18. The van der Waals surface area contributed by atoms with Crippen LogP contribution in [0.1, 0.15) is 25.7 Å². The lowest BCUT2D eigenvalue weighted by Crippen LogP contribution is -2.47. The molecule has 0 bridgehead atoms. The zero-order chi connectivity index (χ0) is 13.0. The smallest absolute Gasteiger partial charge is 0.244 e. The number of carbonyl (C=O) groups excluding carboxylic acids is 1. The van der Waals surface area contributed by atoms with Gasteiger partial charge >= 0.3 is 0 Å². The highest BCUT2D eigenvalue weighted by Crippen LogP contribution is 2.35. The van der Waals surface area contributed by atoms with Crippen molar-refractivity contribution in [2.45, 2.75) is 25.7 Å². The maximum Gasteiger partial charge on any atom is 0.244 e. The number of nitrogens with zero attached hydrogens (tertiary/aromatic N) is 2. The van der Waals surface area contributed by atoms with Crippen LogP contribution in [0.4, 0.5) is 0 Å². The topological polar surface area (TPSA) is 53.3 Å². The lowest BCUT2D eigenvalue weighted by Gasteiger charge is -2.34. The van der Waals surface area contributed by atoms with Crippen LogP contribution in [0.3, 0.4) is 0 Å². The summed E-state index contributed by atoms with van der Waals surface area (Å²) in [5.41, 5.74) is -0.913. The number of hydrogen-bond donors (Lipinski definition) is 0. The molecule has 4 nitrogen and oxygen atoms in total. The molecule has 0 aromatic carbocycles. The number of carbonyl (C=O) groups is 1. The number of terminal acetylenes is 1. The van der Waals surface area contributed by atoms with Crippen molar-refractivity contribution in [1.29, 1.82) is 5.26 Å². The average molecular weight is 246 g/mol. The number of hydrogen-bond acceptors (Lipinski definition) is 3. The van der Waals surface area contributed by atoms with Crippen molar-refractivity contribution < 1.29 is 9.53 Å². The minimum Gasteiger partial charge on any atom is -0.381 e. The van der Waals surface area contributed by atoms with Crippen molar-refractivity contribution >= 4 is 5.91 Å². The third-order valence-electron chi connectivity index (χ3n) is 3.71. The minimum atomic E-state index is -0.913. The molecule has 1 saturated heterocycles. The van der Waals surface area contributed by atoms with Crippen molar-refractivity contribution in [3.05, 3.63) is 0 Å². The van der Waals surface area contributed by atoms with Crippen molar-refractivity contribution in [3.8, 4) is 18.4 Å². The van der Waals surface area contributed by atoms with Gasteiger partial charge in [0.15, 0.2) is 0 Å². The average Bonchev–Trinajstić information content (AvgIpc) is 3.22. The maximum absolute atomic E-state index is 12.6. The molecule has 2 aliphatic rings. The molecule has 0 unspecified atom stereocenters. The van der Waals surface area contributed by atoms with Crippen LogP contribution in [0.25, 0.3) is 0 Å². The van der Waals surface area contributed by atoms with Crippen LogP contribution in [0.5, 0.6) is 0 Å². The van der Waals surface area contributed by atoms with Crippen LogP contribution in [-0.2, 0) is 9.53 Å². The quantitative estimate of drug-likeness (QED) is 0.700. The normalized spacial score (nSPS) is 21.7. The number of nitriles is 1. The Hall–Kier alpha value is -1.52. The number of ether oxygens (including phenoxy) is 1. The van der Waals surface area contributed by atoms with Gasteiger partial charge in [0.2, 0.25) is 5.91 Å². The summed E-state index contributed by atoms with van der Waals surface area (Å²) < 4.78 is 5.25. The molecule has 2 rings (SSSR count). The van der Waals surface area contributed by atoms with Crippen molar-refractivity contribution in [1.82, 2.24) is 4.90 Å². The van der Waals surface area contributed by atoms with Crippen LogP contribution in [0.15, 0.2) is 0 Å². The first-order chi connectivity index (χ1) is 8.72. The highest BCUT2D eigenvalue weighted by atomic mass is 16.5. The van der Waals surface area contributed by atoms with E-state index < -0.39 is 5.41 Å². The molecule has 0 N–H and O–H groups in total. The molecule has 1 amide bonds. The van der Waals surface area contributed by atoms with Gasteiger partial charge in [0, 0.05) is 19.8 Å². The summed E-state index contributed by atoms with van der Waals surface area (Å²) in [4.78, 5) is 14.2. The molecule has 1 saturated carbocycles. The molecule has 1 heterocycles. The Morgan fingerprint density at radius 3 is 2.61 bits per heavy atom. The first kappa shape index (κ1) is 12.9. The Kier molecular flexibility index (Phi) is 3.89. The van der Waals surface area contributed by atoms with Crippen molar-refractivity contribution in [2.75, 3.05) is 26.3 Å². The van der Waals surface area contributed by atoms with Crippen LogP contribution in [0, 0.1) is 35.0 Å². The second-order valence-corrected chi connectivity index (χ2v) is 5.14. The van der Waals surface area contributed by atoms with E-state index in [1.807, 2.05) is 0 Å². The van der Waals surface area contributed by atoms with Crippen molar-refractivity contribution in [2.24, 2.45) is 11.3 Å². The molecule has 0 spiro atoms. The monoisotopic (exact) mass is 246 g/mol. The lowest BCUT2D eigenvalue weighted by molar-refractivity contribution is -0.143. The van der Waals surface area contributed by atoms with Gasteiger partial charge in [0.05, 0.1) is 12.6 Å². The fourth-order valence-corrected chi connectivity index (χ4v) is 2.34. The molecule has 0 radical (unpaired) electrons. The largest absolute Gasteiger partial charge is 0.381 e. The lowest BCUT2D eigenvalue weighted by atomic mass is 9.80. The van der Waals surface area contributed by atoms with E-state index in [2.05, 4.69) is 12.0 Å². The first-order valence-corrected chi connectivity index (χ1v) is 6.44. The van der Waals surface area contributed by atoms with Gasteiger partial charge in [-0.05, 0) is 31.6 Å². The molecule has 96 valence electrons. The van der Waals surface area contributed by atoms with E-state index in [9.17, 15) is 10.1 Å².